The van der Waals surface area contributed by atoms with E-state index in [4.69, 9.17) is 9.15 Å². The van der Waals surface area contributed by atoms with Gasteiger partial charge in [0.2, 0.25) is 11.8 Å². The lowest BCUT2D eigenvalue weighted by Crippen LogP contribution is -2.38. The molecule has 6 nitrogen and oxygen atoms in total. The van der Waals surface area contributed by atoms with Crippen LogP contribution >= 0.6 is 0 Å². The number of nitrogens with zero attached hydrogens (tertiary/aromatic N) is 2. The Balaban J connectivity index is 1.49. The van der Waals surface area contributed by atoms with Gasteiger partial charge in [-0.25, -0.2) is 0 Å². The van der Waals surface area contributed by atoms with Crippen molar-refractivity contribution in [2.45, 2.75) is 57.9 Å². The molecule has 0 saturated heterocycles. The molecule has 1 heterocycles. The summed E-state index contributed by atoms with van der Waals surface area (Å²) in [5, 5.41) is 11.1. The van der Waals surface area contributed by atoms with E-state index in [0.717, 1.165) is 31.2 Å². The highest BCUT2D eigenvalue weighted by atomic mass is 16.5. The quantitative estimate of drug-likeness (QED) is 0.832. The molecule has 1 fully saturated rings. The van der Waals surface area contributed by atoms with Crippen LogP contribution in [0.4, 0.5) is 0 Å². The zero-order valence-electron chi connectivity index (χ0n) is 14.7. The fourth-order valence-corrected chi connectivity index (χ4v) is 3.04. The second kappa shape index (κ2) is 8.65. The van der Waals surface area contributed by atoms with Crippen LogP contribution in [0, 0.1) is 0 Å². The van der Waals surface area contributed by atoms with Gasteiger partial charge in [-0.1, -0.05) is 26.2 Å². The largest absolute Gasteiger partial charge is 0.484 e. The van der Waals surface area contributed by atoms with Crippen LogP contribution in [0.5, 0.6) is 5.75 Å². The second-order valence-electron chi connectivity index (χ2n) is 6.47. The van der Waals surface area contributed by atoms with E-state index in [-0.39, 0.29) is 12.5 Å². The second-order valence-corrected chi connectivity index (χ2v) is 6.47. The van der Waals surface area contributed by atoms with Crippen LogP contribution in [0.2, 0.25) is 0 Å². The zero-order chi connectivity index (χ0) is 17.5. The van der Waals surface area contributed by atoms with Crippen molar-refractivity contribution in [2.75, 3.05) is 6.61 Å². The van der Waals surface area contributed by atoms with E-state index in [1.165, 1.54) is 19.3 Å². The standard InChI is InChI=1S/C19H25N3O3/c1-2-6-18-21-22-19(25-18)14-9-11-16(12-10-14)24-13-17(23)20-15-7-4-3-5-8-15/h9-12,15H,2-8,13H2,1H3,(H,20,23). The van der Waals surface area contributed by atoms with E-state index in [1.807, 2.05) is 24.3 Å². The fraction of sp³-hybridized carbons (Fsp3) is 0.526. The summed E-state index contributed by atoms with van der Waals surface area (Å²) >= 11 is 0. The summed E-state index contributed by atoms with van der Waals surface area (Å²) in [5.41, 5.74) is 0.842. The Morgan fingerprint density at radius 1 is 1.20 bits per heavy atom. The highest BCUT2D eigenvalue weighted by Crippen LogP contribution is 2.22. The normalized spacial score (nSPS) is 15.1. The number of amides is 1. The molecule has 1 aliphatic rings. The molecule has 1 amide bonds. The van der Waals surface area contributed by atoms with Crippen molar-refractivity contribution >= 4 is 5.91 Å². The van der Waals surface area contributed by atoms with Crippen LogP contribution in [-0.4, -0.2) is 28.8 Å². The molecule has 0 unspecified atom stereocenters. The van der Waals surface area contributed by atoms with Crippen molar-refractivity contribution in [3.63, 3.8) is 0 Å². The van der Waals surface area contributed by atoms with Crippen LogP contribution in [0.25, 0.3) is 11.5 Å². The molecular formula is C19H25N3O3. The van der Waals surface area contributed by atoms with Gasteiger partial charge < -0.3 is 14.5 Å². The number of benzene rings is 1. The molecule has 1 N–H and O–H groups in total. The molecular weight excluding hydrogens is 318 g/mol. The van der Waals surface area contributed by atoms with Crippen molar-refractivity contribution in [1.29, 1.82) is 0 Å². The Morgan fingerprint density at radius 2 is 1.96 bits per heavy atom. The molecule has 0 atom stereocenters. The Morgan fingerprint density at radius 3 is 2.68 bits per heavy atom. The number of hydrogen-bond donors (Lipinski definition) is 1. The van der Waals surface area contributed by atoms with Crippen LogP contribution in [0.15, 0.2) is 28.7 Å². The van der Waals surface area contributed by atoms with Crippen molar-refractivity contribution in [3.8, 4) is 17.2 Å². The predicted octanol–water partition coefficient (Wildman–Crippen LogP) is 3.52. The number of carbonyl (C=O) groups is 1. The molecule has 2 aromatic rings. The minimum Gasteiger partial charge on any atom is -0.484 e. The number of rotatable bonds is 7. The Bertz CT molecular complexity index is 675. The summed E-state index contributed by atoms with van der Waals surface area (Å²) in [6.45, 7) is 2.11. The first-order valence-corrected chi connectivity index (χ1v) is 9.09. The van der Waals surface area contributed by atoms with E-state index in [1.54, 1.807) is 0 Å². The summed E-state index contributed by atoms with van der Waals surface area (Å²) in [7, 11) is 0. The molecule has 0 aliphatic heterocycles. The minimum atomic E-state index is -0.0583. The number of hydrogen-bond acceptors (Lipinski definition) is 5. The third-order valence-corrected chi connectivity index (χ3v) is 4.37. The lowest BCUT2D eigenvalue weighted by atomic mass is 9.95. The van der Waals surface area contributed by atoms with Gasteiger partial charge >= 0.3 is 0 Å². The predicted molar refractivity (Wildman–Crippen MR) is 94.2 cm³/mol. The monoisotopic (exact) mass is 343 g/mol. The van der Waals surface area contributed by atoms with Gasteiger partial charge in [-0.05, 0) is 43.5 Å². The Labute approximate surface area is 148 Å². The molecule has 1 aliphatic carbocycles. The van der Waals surface area contributed by atoms with Gasteiger partial charge in [0.05, 0.1) is 0 Å². The van der Waals surface area contributed by atoms with Crippen LogP contribution < -0.4 is 10.1 Å². The lowest BCUT2D eigenvalue weighted by molar-refractivity contribution is -0.124. The van der Waals surface area contributed by atoms with Crippen LogP contribution in [0.1, 0.15) is 51.3 Å². The van der Waals surface area contributed by atoms with E-state index < -0.39 is 0 Å². The third kappa shape index (κ3) is 5.05. The zero-order valence-corrected chi connectivity index (χ0v) is 14.7. The summed E-state index contributed by atoms with van der Waals surface area (Å²) in [6.07, 6.45) is 7.57. The summed E-state index contributed by atoms with van der Waals surface area (Å²) in [5.74, 6) is 1.75. The third-order valence-electron chi connectivity index (χ3n) is 4.37. The summed E-state index contributed by atoms with van der Waals surface area (Å²) in [6, 6.07) is 7.65. The first kappa shape index (κ1) is 17.5. The van der Waals surface area contributed by atoms with Gasteiger partial charge in [0, 0.05) is 18.0 Å². The van der Waals surface area contributed by atoms with Gasteiger partial charge in [0.15, 0.2) is 6.61 Å². The van der Waals surface area contributed by atoms with E-state index in [0.29, 0.717) is 23.6 Å². The molecule has 0 radical (unpaired) electrons. The average molecular weight is 343 g/mol. The highest BCUT2D eigenvalue weighted by molar-refractivity contribution is 5.77. The molecule has 1 aromatic heterocycles. The smallest absolute Gasteiger partial charge is 0.258 e. The molecule has 6 heteroatoms. The summed E-state index contributed by atoms with van der Waals surface area (Å²) < 4.78 is 11.2. The number of carbonyl (C=O) groups excluding carboxylic acids is 1. The number of aromatic nitrogens is 2. The van der Waals surface area contributed by atoms with Crippen molar-refractivity contribution in [3.05, 3.63) is 30.2 Å². The van der Waals surface area contributed by atoms with E-state index in [2.05, 4.69) is 22.4 Å². The van der Waals surface area contributed by atoms with Crippen molar-refractivity contribution in [2.24, 2.45) is 0 Å². The summed E-state index contributed by atoms with van der Waals surface area (Å²) in [4.78, 5) is 12.0. The maximum absolute atomic E-state index is 12.0. The highest BCUT2D eigenvalue weighted by Gasteiger charge is 2.16. The van der Waals surface area contributed by atoms with E-state index >= 15 is 0 Å². The van der Waals surface area contributed by atoms with Gasteiger partial charge in [0.1, 0.15) is 5.75 Å². The minimum absolute atomic E-state index is 0.0387. The molecule has 0 bridgehead atoms. The number of aryl methyl sites for hydroxylation is 1. The first-order chi connectivity index (χ1) is 12.2. The molecule has 1 saturated carbocycles. The maximum atomic E-state index is 12.0. The van der Waals surface area contributed by atoms with Crippen LogP contribution in [0.3, 0.4) is 0 Å². The topological polar surface area (TPSA) is 77.2 Å². The first-order valence-electron chi connectivity index (χ1n) is 9.09. The van der Waals surface area contributed by atoms with Crippen molar-refractivity contribution in [1.82, 2.24) is 15.5 Å². The number of nitrogens with one attached hydrogen (secondary N) is 1. The fourth-order valence-electron chi connectivity index (χ4n) is 3.04. The maximum Gasteiger partial charge on any atom is 0.258 e. The SMILES string of the molecule is CCCc1nnc(-c2ccc(OCC(=O)NC3CCCCC3)cc2)o1. The van der Waals surface area contributed by atoms with Crippen LogP contribution in [-0.2, 0) is 11.2 Å². The van der Waals surface area contributed by atoms with Gasteiger partial charge in [0.25, 0.3) is 5.91 Å². The molecule has 0 spiro atoms. The Hall–Kier alpha value is -2.37. The number of ether oxygens (including phenoxy) is 1. The molecule has 3 rings (SSSR count). The van der Waals surface area contributed by atoms with Gasteiger partial charge in [-0.2, -0.15) is 0 Å². The molecule has 1 aromatic carbocycles. The molecule has 25 heavy (non-hydrogen) atoms. The van der Waals surface area contributed by atoms with Gasteiger partial charge in [-0.15, -0.1) is 10.2 Å². The average Bonchev–Trinajstić information content (AvgIpc) is 3.10. The molecule has 134 valence electrons. The van der Waals surface area contributed by atoms with E-state index in [9.17, 15) is 4.79 Å². The van der Waals surface area contributed by atoms with Gasteiger partial charge in [-0.3, -0.25) is 4.79 Å². The Kier molecular flexibility index (Phi) is 6.04. The van der Waals surface area contributed by atoms with Crippen molar-refractivity contribution < 1.29 is 13.9 Å². The lowest BCUT2D eigenvalue weighted by Gasteiger charge is -2.22.